The summed E-state index contributed by atoms with van der Waals surface area (Å²) in [6.07, 6.45) is 2.49. The normalized spacial score (nSPS) is 19.1. The van der Waals surface area contributed by atoms with Crippen LogP contribution in [0.5, 0.6) is 0 Å². The van der Waals surface area contributed by atoms with E-state index in [4.69, 9.17) is 0 Å². The lowest BCUT2D eigenvalue weighted by Gasteiger charge is -2.27. The summed E-state index contributed by atoms with van der Waals surface area (Å²) in [5.41, 5.74) is 2.82. The van der Waals surface area contributed by atoms with E-state index in [9.17, 15) is 0 Å². The molecule has 1 aromatic carbocycles. The molecule has 2 N–H and O–H groups in total. The number of nitrogens with one attached hydrogen (secondary N) is 2. The zero-order valence-corrected chi connectivity index (χ0v) is 11.9. The van der Waals surface area contributed by atoms with Gasteiger partial charge in [-0.05, 0) is 49.9 Å². The van der Waals surface area contributed by atoms with E-state index in [1.54, 1.807) is 0 Å². The zero-order chi connectivity index (χ0) is 13.0. The first-order chi connectivity index (χ1) is 8.66. The van der Waals surface area contributed by atoms with Crippen molar-refractivity contribution in [1.82, 2.24) is 10.6 Å². The maximum atomic E-state index is 3.74. The highest BCUT2D eigenvalue weighted by Gasteiger charge is 2.15. The minimum Gasteiger partial charge on any atom is -0.317 e. The molecule has 0 aliphatic carbocycles. The molecule has 18 heavy (non-hydrogen) atoms. The van der Waals surface area contributed by atoms with Crippen LogP contribution >= 0.6 is 0 Å². The molecule has 2 nitrogen and oxygen atoms in total. The topological polar surface area (TPSA) is 24.1 Å². The van der Waals surface area contributed by atoms with Gasteiger partial charge in [-0.2, -0.15) is 0 Å². The Labute approximate surface area is 111 Å². The van der Waals surface area contributed by atoms with Crippen molar-refractivity contribution >= 4 is 0 Å². The Bertz CT molecular complexity index is 350. The van der Waals surface area contributed by atoms with Crippen LogP contribution in [0.1, 0.15) is 56.7 Å². The van der Waals surface area contributed by atoms with Gasteiger partial charge in [0.15, 0.2) is 0 Å². The summed E-state index contributed by atoms with van der Waals surface area (Å²) >= 11 is 0. The Morgan fingerprint density at radius 3 is 2.11 bits per heavy atom. The molecule has 1 saturated heterocycles. The molecule has 2 rings (SSSR count). The van der Waals surface area contributed by atoms with Gasteiger partial charge in [0.05, 0.1) is 0 Å². The summed E-state index contributed by atoms with van der Waals surface area (Å²) in [5, 5.41) is 7.15. The number of rotatable bonds is 4. The molecule has 1 heterocycles. The van der Waals surface area contributed by atoms with Crippen molar-refractivity contribution in [1.29, 1.82) is 0 Å². The Hall–Kier alpha value is -0.860. The number of piperidine rings is 1. The number of hydrogen-bond acceptors (Lipinski definition) is 2. The first-order valence-electron chi connectivity index (χ1n) is 7.23. The van der Waals surface area contributed by atoms with Crippen LogP contribution in [0, 0.1) is 0 Å². The van der Waals surface area contributed by atoms with Crippen molar-refractivity contribution < 1.29 is 0 Å². The smallest absolute Gasteiger partial charge is 0.0294 e. The molecule has 0 saturated carbocycles. The van der Waals surface area contributed by atoms with Gasteiger partial charge in [-0.3, -0.25) is 0 Å². The van der Waals surface area contributed by atoms with Crippen molar-refractivity contribution in [2.24, 2.45) is 0 Å². The molecule has 0 aromatic heterocycles. The molecular formula is C16H26N2. The van der Waals surface area contributed by atoms with E-state index in [1.165, 1.54) is 24.0 Å². The van der Waals surface area contributed by atoms with Crippen LogP contribution in [0.3, 0.4) is 0 Å². The van der Waals surface area contributed by atoms with Gasteiger partial charge in [-0.25, -0.2) is 0 Å². The summed E-state index contributed by atoms with van der Waals surface area (Å²) in [7, 11) is 0. The lowest BCUT2D eigenvalue weighted by Crippen LogP contribution is -2.40. The molecule has 0 spiro atoms. The van der Waals surface area contributed by atoms with Crippen LogP contribution < -0.4 is 10.6 Å². The van der Waals surface area contributed by atoms with Crippen LogP contribution in [0.15, 0.2) is 24.3 Å². The Balaban J connectivity index is 1.93. The first kappa shape index (κ1) is 13.6. The molecule has 1 unspecified atom stereocenters. The maximum absolute atomic E-state index is 3.74. The fourth-order valence-corrected chi connectivity index (χ4v) is 2.61. The Kier molecular flexibility index (Phi) is 4.79. The fraction of sp³-hybridized carbons (Fsp3) is 0.625. The van der Waals surface area contributed by atoms with Crippen molar-refractivity contribution in [3.8, 4) is 0 Å². The average molecular weight is 246 g/mol. The second-order valence-electron chi connectivity index (χ2n) is 5.73. The molecule has 1 fully saturated rings. The standard InChI is InChI=1S/C16H26N2/c1-12(2)14-4-6-15(7-5-14)13(3)18-16-8-10-17-11-9-16/h4-7,12-13,16-18H,8-11H2,1-3H3. The van der Waals surface area contributed by atoms with Gasteiger partial charge in [0, 0.05) is 12.1 Å². The van der Waals surface area contributed by atoms with Gasteiger partial charge >= 0.3 is 0 Å². The predicted molar refractivity (Wildman–Crippen MR) is 78.0 cm³/mol. The van der Waals surface area contributed by atoms with E-state index < -0.39 is 0 Å². The molecule has 1 atom stereocenters. The highest BCUT2D eigenvalue weighted by atomic mass is 15.0. The van der Waals surface area contributed by atoms with Crippen molar-refractivity contribution in [3.05, 3.63) is 35.4 Å². The minimum absolute atomic E-state index is 0.453. The molecule has 0 amide bonds. The average Bonchev–Trinajstić information content (AvgIpc) is 2.40. The van der Waals surface area contributed by atoms with Crippen LogP contribution in [0.2, 0.25) is 0 Å². The second-order valence-corrected chi connectivity index (χ2v) is 5.73. The maximum Gasteiger partial charge on any atom is 0.0294 e. The summed E-state index contributed by atoms with van der Waals surface area (Å²) < 4.78 is 0. The van der Waals surface area contributed by atoms with E-state index in [-0.39, 0.29) is 0 Å². The molecule has 2 heteroatoms. The summed E-state index contributed by atoms with van der Waals surface area (Å²) in [5.74, 6) is 0.617. The largest absolute Gasteiger partial charge is 0.317 e. The monoisotopic (exact) mass is 246 g/mol. The zero-order valence-electron chi connectivity index (χ0n) is 11.9. The van der Waals surface area contributed by atoms with Gasteiger partial charge < -0.3 is 10.6 Å². The van der Waals surface area contributed by atoms with E-state index in [1.807, 2.05) is 0 Å². The Morgan fingerprint density at radius 2 is 1.56 bits per heavy atom. The predicted octanol–water partition coefficient (Wildman–Crippen LogP) is 3.21. The fourth-order valence-electron chi connectivity index (χ4n) is 2.61. The van der Waals surface area contributed by atoms with Crippen molar-refractivity contribution in [2.75, 3.05) is 13.1 Å². The van der Waals surface area contributed by atoms with Crippen molar-refractivity contribution in [2.45, 2.75) is 51.6 Å². The molecule has 0 radical (unpaired) electrons. The van der Waals surface area contributed by atoms with Gasteiger partial charge in [0.25, 0.3) is 0 Å². The molecule has 1 aromatic rings. The number of hydrogen-bond donors (Lipinski definition) is 2. The third-order valence-corrected chi connectivity index (χ3v) is 3.93. The molecule has 1 aliphatic heterocycles. The highest BCUT2D eigenvalue weighted by molar-refractivity contribution is 5.26. The molecule has 100 valence electrons. The third-order valence-electron chi connectivity index (χ3n) is 3.93. The van der Waals surface area contributed by atoms with Crippen LogP contribution in [0.4, 0.5) is 0 Å². The van der Waals surface area contributed by atoms with Gasteiger partial charge in [-0.15, -0.1) is 0 Å². The van der Waals surface area contributed by atoms with Crippen LogP contribution in [0.25, 0.3) is 0 Å². The van der Waals surface area contributed by atoms with E-state index in [0.717, 1.165) is 13.1 Å². The third kappa shape index (κ3) is 3.56. The first-order valence-corrected chi connectivity index (χ1v) is 7.23. The Morgan fingerprint density at radius 1 is 1.00 bits per heavy atom. The molecule has 0 bridgehead atoms. The van der Waals surface area contributed by atoms with Crippen LogP contribution in [-0.2, 0) is 0 Å². The SMILES string of the molecule is CC(C)c1ccc(C(C)NC2CCNCC2)cc1. The lowest BCUT2D eigenvalue weighted by molar-refractivity contribution is 0.359. The minimum atomic E-state index is 0.453. The lowest BCUT2D eigenvalue weighted by atomic mass is 9.98. The summed E-state index contributed by atoms with van der Waals surface area (Å²) in [6, 6.07) is 10.2. The number of benzene rings is 1. The van der Waals surface area contributed by atoms with E-state index in [2.05, 4.69) is 55.7 Å². The molecular weight excluding hydrogens is 220 g/mol. The van der Waals surface area contributed by atoms with Gasteiger partial charge in [0.2, 0.25) is 0 Å². The van der Waals surface area contributed by atoms with Crippen molar-refractivity contribution in [3.63, 3.8) is 0 Å². The molecule has 1 aliphatic rings. The second kappa shape index (κ2) is 6.35. The van der Waals surface area contributed by atoms with Crippen LogP contribution in [-0.4, -0.2) is 19.1 Å². The summed E-state index contributed by atoms with van der Waals surface area (Å²) in [4.78, 5) is 0. The highest BCUT2D eigenvalue weighted by Crippen LogP contribution is 2.19. The van der Waals surface area contributed by atoms with E-state index >= 15 is 0 Å². The van der Waals surface area contributed by atoms with Gasteiger partial charge in [0.1, 0.15) is 0 Å². The quantitative estimate of drug-likeness (QED) is 0.852. The summed E-state index contributed by atoms with van der Waals surface area (Å²) in [6.45, 7) is 9.05. The van der Waals surface area contributed by atoms with E-state index in [0.29, 0.717) is 18.0 Å². The van der Waals surface area contributed by atoms with Gasteiger partial charge in [-0.1, -0.05) is 38.1 Å².